The molecule has 2 aromatic heterocycles. The highest BCUT2D eigenvalue weighted by Crippen LogP contribution is 2.23. The molecule has 2 heterocycles. The Bertz CT molecular complexity index is 1240. The number of carbonyl (C=O) groups is 1. The fraction of sp³-hybridized carbons (Fsp3) is 0.240. The zero-order valence-corrected chi connectivity index (χ0v) is 18.5. The van der Waals surface area contributed by atoms with Crippen LogP contribution < -0.4 is 10.9 Å². The predicted molar refractivity (Wildman–Crippen MR) is 126 cm³/mol. The summed E-state index contributed by atoms with van der Waals surface area (Å²) in [5.41, 5.74) is 3.55. The number of aryl methyl sites for hydroxylation is 1. The lowest BCUT2D eigenvalue weighted by Gasteiger charge is -2.17. The highest BCUT2D eigenvalue weighted by molar-refractivity contribution is 7.10. The van der Waals surface area contributed by atoms with Gasteiger partial charge in [-0.15, -0.1) is 11.3 Å². The van der Waals surface area contributed by atoms with Gasteiger partial charge in [0.2, 0.25) is 0 Å². The zero-order valence-electron chi connectivity index (χ0n) is 17.7. The smallest absolute Gasteiger partial charge is 0.272 e. The number of fused-ring (bicyclic) bond motifs is 1. The van der Waals surface area contributed by atoms with E-state index in [4.69, 9.17) is 0 Å². The molecule has 31 heavy (non-hydrogen) atoms. The lowest BCUT2D eigenvalue weighted by atomic mass is 10.1. The van der Waals surface area contributed by atoms with E-state index in [2.05, 4.69) is 23.3 Å². The number of carbonyl (C=O) groups excluding carboxylic acids is 1. The number of thiophene rings is 1. The summed E-state index contributed by atoms with van der Waals surface area (Å²) in [6.45, 7) is 4.28. The molecule has 1 amide bonds. The van der Waals surface area contributed by atoms with Crippen LogP contribution in [0.25, 0.3) is 11.0 Å². The molecule has 2 aromatic carbocycles. The van der Waals surface area contributed by atoms with Gasteiger partial charge in [0.05, 0.1) is 23.6 Å². The molecule has 0 saturated heterocycles. The molecule has 158 valence electrons. The van der Waals surface area contributed by atoms with E-state index in [-0.39, 0.29) is 17.5 Å². The molecule has 0 saturated carbocycles. The summed E-state index contributed by atoms with van der Waals surface area (Å²) in [5.74, 6) is -0.0826. The highest BCUT2D eigenvalue weighted by Gasteiger charge is 2.16. The Hall–Kier alpha value is -3.25. The second-order valence-electron chi connectivity index (χ2n) is 7.60. The summed E-state index contributed by atoms with van der Waals surface area (Å²) >= 11 is 1.66. The first-order chi connectivity index (χ1) is 15.1. The summed E-state index contributed by atoms with van der Waals surface area (Å²) < 4.78 is 1.74. The molecule has 4 rings (SSSR count). The normalized spacial score (nSPS) is 12.1. The van der Waals surface area contributed by atoms with Crippen LogP contribution in [-0.2, 0) is 6.54 Å². The molecule has 0 fully saturated rings. The van der Waals surface area contributed by atoms with E-state index in [1.54, 1.807) is 22.8 Å². The van der Waals surface area contributed by atoms with Crippen molar-refractivity contribution in [1.29, 1.82) is 0 Å². The van der Waals surface area contributed by atoms with Crippen LogP contribution in [0, 0.1) is 6.92 Å². The van der Waals surface area contributed by atoms with Crippen molar-refractivity contribution in [3.05, 3.63) is 98.1 Å². The summed E-state index contributed by atoms with van der Waals surface area (Å²) in [5, 5.41) is 5.19. The second kappa shape index (κ2) is 9.27. The van der Waals surface area contributed by atoms with E-state index in [0.29, 0.717) is 17.8 Å². The molecular formula is C25H25N3O2S. The fourth-order valence-electron chi connectivity index (χ4n) is 3.73. The SMILES string of the molecule is CCC[C@H](NC(=O)c1ccc(Cn2c(=O)c(C)nc3ccccc32)cc1)c1cccs1. The quantitative estimate of drug-likeness (QED) is 0.443. The second-order valence-corrected chi connectivity index (χ2v) is 8.58. The number of hydrogen-bond acceptors (Lipinski definition) is 4. The highest BCUT2D eigenvalue weighted by atomic mass is 32.1. The first-order valence-electron chi connectivity index (χ1n) is 10.5. The van der Waals surface area contributed by atoms with Crippen LogP contribution in [0.15, 0.2) is 70.8 Å². The lowest BCUT2D eigenvalue weighted by molar-refractivity contribution is 0.0935. The van der Waals surface area contributed by atoms with Gasteiger partial charge in [-0.1, -0.05) is 43.7 Å². The topological polar surface area (TPSA) is 64.0 Å². The Morgan fingerprint density at radius 1 is 1.10 bits per heavy atom. The van der Waals surface area contributed by atoms with Crippen LogP contribution in [-0.4, -0.2) is 15.5 Å². The molecule has 0 unspecified atom stereocenters. The Morgan fingerprint density at radius 3 is 2.58 bits per heavy atom. The molecule has 0 spiro atoms. The standard InChI is InChI=1S/C25H25N3O2S/c1-3-7-21(23-10-6-15-31-23)27-24(29)19-13-11-18(12-14-19)16-28-22-9-5-4-8-20(22)26-17(2)25(28)30/h4-6,8-15,21H,3,7,16H2,1-2H3,(H,27,29)/t21-/m0/s1. The van der Waals surface area contributed by atoms with Gasteiger partial charge in [-0.25, -0.2) is 4.98 Å². The average molecular weight is 432 g/mol. The number of hydrogen-bond donors (Lipinski definition) is 1. The van der Waals surface area contributed by atoms with E-state index < -0.39 is 0 Å². The summed E-state index contributed by atoms with van der Waals surface area (Å²) in [7, 11) is 0. The van der Waals surface area contributed by atoms with Gasteiger partial charge < -0.3 is 9.88 Å². The van der Waals surface area contributed by atoms with E-state index >= 15 is 0 Å². The van der Waals surface area contributed by atoms with Gasteiger partial charge in [0.15, 0.2) is 0 Å². The van der Waals surface area contributed by atoms with Gasteiger partial charge in [-0.2, -0.15) is 0 Å². The van der Waals surface area contributed by atoms with Gasteiger partial charge in [0.1, 0.15) is 5.69 Å². The molecule has 0 aliphatic carbocycles. The van der Waals surface area contributed by atoms with Crippen LogP contribution in [0.4, 0.5) is 0 Å². The Kier molecular flexibility index (Phi) is 6.28. The number of benzene rings is 2. The monoisotopic (exact) mass is 431 g/mol. The molecule has 6 heteroatoms. The minimum Gasteiger partial charge on any atom is -0.344 e. The third kappa shape index (κ3) is 4.59. The van der Waals surface area contributed by atoms with Crippen molar-refractivity contribution in [2.24, 2.45) is 0 Å². The fourth-order valence-corrected chi connectivity index (χ4v) is 4.54. The maximum atomic E-state index is 12.8. The van der Waals surface area contributed by atoms with Crippen molar-refractivity contribution >= 4 is 28.3 Å². The molecular weight excluding hydrogens is 406 g/mol. The molecule has 4 aromatic rings. The first-order valence-corrected chi connectivity index (χ1v) is 11.3. The number of amides is 1. The Morgan fingerprint density at radius 2 is 1.87 bits per heavy atom. The largest absolute Gasteiger partial charge is 0.344 e. The summed E-state index contributed by atoms with van der Waals surface area (Å²) in [4.78, 5) is 31.1. The van der Waals surface area contributed by atoms with Crippen molar-refractivity contribution in [2.75, 3.05) is 0 Å². The number of rotatable bonds is 7. The van der Waals surface area contributed by atoms with Gasteiger partial charge in [-0.05, 0) is 54.6 Å². The zero-order chi connectivity index (χ0) is 21.8. The first kappa shape index (κ1) is 21.0. The van der Waals surface area contributed by atoms with E-state index in [9.17, 15) is 9.59 Å². The van der Waals surface area contributed by atoms with Gasteiger partial charge in [-0.3, -0.25) is 9.59 Å². The molecule has 1 atom stereocenters. The van der Waals surface area contributed by atoms with Gasteiger partial charge in [0, 0.05) is 10.4 Å². The van der Waals surface area contributed by atoms with Crippen LogP contribution in [0.3, 0.4) is 0 Å². The van der Waals surface area contributed by atoms with Crippen LogP contribution in [0.2, 0.25) is 0 Å². The van der Waals surface area contributed by atoms with E-state index in [1.807, 2.05) is 60.0 Å². The van der Waals surface area contributed by atoms with Gasteiger partial charge >= 0.3 is 0 Å². The van der Waals surface area contributed by atoms with Crippen molar-refractivity contribution < 1.29 is 4.79 Å². The van der Waals surface area contributed by atoms with Crippen molar-refractivity contribution in [1.82, 2.24) is 14.9 Å². The minimum atomic E-state index is -0.0983. The third-order valence-electron chi connectivity index (χ3n) is 5.34. The number of nitrogens with one attached hydrogen (secondary N) is 1. The Labute approximate surface area is 185 Å². The molecule has 0 radical (unpaired) electrons. The predicted octanol–water partition coefficient (Wildman–Crippen LogP) is 5.09. The molecule has 5 nitrogen and oxygen atoms in total. The molecule has 1 N–H and O–H groups in total. The molecule has 0 bridgehead atoms. The van der Waals surface area contributed by atoms with Crippen molar-refractivity contribution in [2.45, 2.75) is 39.3 Å². The van der Waals surface area contributed by atoms with E-state index in [1.165, 1.54) is 4.88 Å². The Balaban J connectivity index is 1.54. The number of nitrogens with zero attached hydrogens (tertiary/aromatic N) is 2. The molecule has 0 aliphatic rings. The third-order valence-corrected chi connectivity index (χ3v) is 6.33. The van der Waals surface area contributed by atoms with Crippen LogP contribution in [0.5, 0.6) is 0 Å². The van der Waals surface area contributed by atoms with Crippen molar-refractivity contribution in [3.8, 4) is 0 Å². The van der Waals surface area contributed by atoms with E-state index in [0.717, 1.165) is 29.4 Å². The van der Waals surface area contributed by atoms with Crippen LogP contribution >= 0.6 is 11.3 Å². The summed E-state index contributed by atoms with van der Waals surface area (Å²) in [6.07, 6.45) is 1.90. The minimum absolute atomic E-state index is 0.0295. The molecule has 0 aliphatic heterocycles. The number of para-hydroxylation sites is 2. The van der Waals surface area contributed by atoms with Gasteiger partial charge in [0.25, 0.3) is 11.5 Å². The van der Waals surface area contributed by atoms with Crippen LogP contribution in [0.1, 0.15) is 52.3 Å². The lowest BCUT2D eigenvalue weighted by Crippen LogP contribution is -2.28. The average Bonchev–Trinajstić information content (AvgIpc) is 3.32. The maximum Gasteiger partial charge on any atom is 0.272 e. The number of aromatic nitrogens is 2. The summed E-state index contributed by atoms with van der Waals surface area (Å²) in [6, 6.07) is 19.2. The maximum absolute atomic E-state index is 12.8. The van der Waals surface area contributed by atoms with Crippen molar-refractivity contribution in [3.63, 3.8) is 0 Å².